The lowest BCUT2D eigenvalue weighted by atomic mass is 9.77. The Labute approximate surface area is 107 Å². The molecular formula is C15H18N2O. The molecule has 1 aliphatic carbocycles. The molecule has 1 N–H and O–H groups in total. The molecule has 0 saturated carbocycles. The Kier molecular flexibility index (Phi) is 2.92. The zero-order valence-corrected chi connectivity index (χ0v) is 10.9. The first kappa shape index (κ1) is 11.5. The van der Waals surface area contributed by atoms with Crippen LogP contribution in [0.3, 0.4) is 0 Å². The van der Waals surface area contributed by atoms with E-state index in [4.69, 9.17) is 4.52 Å². The molecule has 3 rings (SSSR count). The third-order valence-corrected chi connectivity index (χ3v) is 3.83. The number of fused-ring (bicyclic) bond motifs is 1. The number of nitrogens with zero attached hydrogens (tertiary/aromatic N) is 1. The van der Waals surface area contributed by atoms with Gasteiger partial charge < -0.3 is 9.84 Å². The van der Waals surface area contributed by atoms with Crippen molar-refractivity contribution in [1.82, 2.24) is 10.5 Å². The predicted octanol–water partition coefficient (Wildman–Crippen LogP) is 2.72. The molecule has 94 valence electrons. The van der Waals surface area contributed by atoms with E-state index in [1.165, 1.54) is 23.1 Å². The Balaban J connectivity index is 1.55. The van der Waals surface area contributed by atoms with Crippen molar-refractivity contribution in [3.05, 3.63) is 52.4 Å². The van der Waals surface area contributed by atoms with Crippen molar-refractivity contribution in [2.24, 2.45) is 0 Å². The molecule has 0 fully saturated rings. The van der Waals surface area contributed by atoms with Crippen LogP contribution in [-0.4, -0.2) is 11.7 Å². The zero-order valence-electron chi connectivity index (χ0n) is 10.9. The van der Waals surface area contributed by atoms with E-state index >= 15 is 0 Å². The summed E-state index contributed by atoms with van der Waals surface area (Å²) in [7, 11) is 0. The van der Waals surface area contributed by atoms with E-state index in [0.29, 0.717) is 5.92 Å². The Morgan fingerprint density at radius 3 is 2.89 bits per heavy atom. The van der Waals surface area contributed by atoms with Crippen LogP contribution in [0, 0.1) is 13.8 Å². The minimum Gasteiger partial charge on any atom is -0.361 e. The summed E-state index contributed by atoms with van der Waals surface area (Å²) in [5.74, 6) is 1.59. The normalized spacial score (nSPS) is 17.3. The van der Waals surface area contributed by atoms with Gasteiger partial charge in [-0.15, -0.1) is 0 Å². The van der Waals surface area contributed by atoms with Crippen LogP contribution in [-0.2, 0) is 13.0 Å². The number of benzene rings is 1. The molecule has 0 aliphatic heterocycles. The topological polar surface area (TPSA) is 38.1 Å². The molecule has 1 aromatic heterocycles. The highest BCUT2D eigenvalue weighted by Crippen LogP contribution is 2.34. The van der Waals surface area contributed by atoms with Crippen molar-refractivity contribution in [1.29, 1.82) is 0 Å². The first-order chi connectivity index (χ1) is 8.75. The largest absolute Gasteiger partial charge is 0.361 e. The molecule has 0 spiro atoms. The summed E-state index contributed by atoms with van der Waals surface area (Å²) in [5, 5.41) is 7.48. The van der Waals surface area contributed by atoms with Gasteiger partial charge in [-0.3, -0.25) is 0 Å². The lowest BCUT2D eigenvalue weighted by Gasteiger charge is -2.30. The summed E-state index contributed by atoms with van der Waals surface area (Å²) in [6, 6.07) is 8.70. The number of hydrogen-bond acceptors (Lipinski definition) is 3. The Morgan fingerprint density at radius 2 is 2.17 bits per heavy atom. The van der Waals surface area contributed by atoms with E-state index in [2.05, 4.69) is 34.7 Å². The first-order valence-corrected chi connectivity index (χ1v) is 6.46. The predicted molar refractivity (Wildman–Crippen MR) is 70.6 cm³/mol. The number of aryl methyl sites for hydroxylation is 2. The molecule has 1 atom stereocenters. The second-order valence-corrected chi connectivity index (χ2v) is 5.03. The molecule has 1 heterocycles. The summed E-state index contributed by atoms with van der Waals surface area (Å²) < 4.78 is 5.16. The summed E-state index contributed by atoms with van der Waals surface area (Å²) in [6.07, 6.45) is 1.20. The average Bonchev–Trinajstić information content (AvgIpc) is 2.66. The van der Waals surface area contributed by atoms with Crippen LogP contribution in [0.1, 0.15) is 34.1 Å². The van der Waals surface area contributed by atoms with Crippen LogP contribution in [0.25, 0.3) is 0 Å². The molecule has 1 aliphatic rings. The van der Waals surface area contributed by atoms with E-state index in [1.54, 1.807) is 0 Å². The number of rotatable bonds is 4. The molecule has 3 nitrogen and oxygen atoms in total. The molecule has 1 aromatic carbocycles. The fourth-order valence-corrected chi connectivity index (χ4v) is 2.67. The van der Waals surface area contributed by atoms with Gasteiger partial charge in [-0.2, -0.15) is 0 Å². The fraction of sp³-hybridized carbons (Fsp3) is 0.400. The van der Waals surface area contributed by atoms with Gasteiger partial charge in [0.15, 0.2) is 0 Å². The Bertz CT molecular complexity index is 540. The van der Waals surface area contributed by atoms with Crippen LogP contribution in [0.5, 0.6) is 0 Å². The van der Waals surface area contributed by atoms with Crippen LogP contribution < -0.4 is 5.32 Å². The lowest BCUT2D eigenvalue weighted by Crippen LogP contribution is -2.29. The number of nitrogens with one attached hydrogen (secondary N) is 1. The molecule has 0 radical (unpaired) electrons. The smallest absolute Gasteiger partial charge is 0.138 e. The van der Waals surface area contributed by atoms with Gasteiger partial charge in [0.25, 0.3) is 0 Å². The van der Waals surface area contributed by atoms with Crippen LogP contribution in [0.2, 0.25) is 0 Å². The van der Waals surface area contributed by atoms with E-state index in [0.717, 1.165) is 24.5 Å². The minimum atomic E-state index is 0.668. The maximum atomic E-state index is 5.16. The van der Waals surface area contributed by atoms with Gasteiger partial charge in [0.1, 0.15) is 5.76 Å². The lowest BCUT2D eigenvalue weighted by molar-refractivity contribution is 0.391. The van der Waals surface area contributed by atoms with Crippen LogP contribution in [0.15, 0.2) is 28.8 Å². The second kappa shape index (κ2) is 4.58. The van der Waals surface area contributed by atoms with Crippen LogP contribution in [0.4, 0.5) is 0 Å². The molecule has 18 heavy (non-hydrogen) atoms. The molecule has 0 bridgehead atoms. The molecular weight excluding hydrogens is 224 g/mol. The summed E-state index contributed by atoms with van der Waals surface area (Å²) in [5.41, 5.74) is 5.20. The highest BCUT2D eigenvalue weighted by molar-refractivity contribution is 5.40. The average molecular weight is 242 g/mol. The Morgan fingerprint density at radius 1 is 1.33 bits per heavy atom. The van der Waals surface area contributed by atoms with Crippen molar-refractivity contribution in [3.63, 3.8) is 0 Å². The maximum absolute atomic E-state index is 5.16. The van der Waals surface area contributed by atoms with Gasteiger partial charge in [-0.1, -0.05) is 29.4 Å². The second-order valence-electron chi connectivity index (χ2n) is 5.03. The van der Waals surface area contributed by atoms with E-state index < -0.39 is 0 Å². The van der Waals surface area contributed by atoms with E-state index in [-0.39, 0.29) is 0 Å². The van der Waals surface area contributed by atoms with E-state index in [9.17, 15) is 0 Å². The van der Waals surface area contributed by atoms with Gasteiger partial charge in [0.2, 0.25) is 0 Å². The van der Waals surface area contributed by atoms with Gasteiger partial charge in [-0.05, 0) is 31.4 Å². The first-order valence-electron chi connectivity index (χ1n) is 6.46. The van der Waals surface area contributed by atoms with Gasteiger partial charge in [0.05, 0.1) is 5.69 Å². The molecule has 2 aromatic rings. The standard InChI is InChI=1S/C15H18N2O/c1-10-15(11(2)18-17-10)9-16-8-13-7-12-5-3-4-6-14(12)13/h3-6,13,16H,7-9H2,1-2H3. The zero-order chi connectivity index (χ0) is 12.5. The van der Waals surface area contributed by atoms with Crippen molar-refractivity contribution < 1.29 is 4.52 Å². The number of aromatic nitrogens is 1. The quantitative estimate of drug-likeness (QED) is 0.895. The van der Waals surface area contributed by atoms with Crippen LogP contribution >= 0.6 is 0 Å². The summed E-state index contributed by atoms with van der Waals surface area (Å²) >= 11 is 0. The summed E-state index contributed by atoms with van der Waals surface area (Å²) in [6.45, 7) is 5.84. The highest BCUT2D eigenvalue weighted by Gasteiger charge is 2.24. The van der Waals surface area contributed by atoms with Crippen molar-refractivity contribution in [2.75, 3.05) is 6.54 Å². The van der Waals surface area contributed by atoms with Crippen molar-refractivity contribution in [3.8, 4) is 0 Å². The third kappa shape index (κ3) is 1.95. The number of hydrogen-bond donors (Lipinski definition) is 1. The van der Waals surface area contributed by atoms with Crippen molar-refractivity contribution in [2.45, 2.75) is 32.7 Å². The third-order valence-electron chi connectivity index (χ3n) is 3.83. The van der Waals surface area contributed by atoms with Gasteiger partial charge >= 0.3 is 0 Å². The van der Waals surface area contributed by atoms with Gasteiger partial charge in [0, 0.05) is 24.6 Å². The minimum absolute atomic E-state index is 0.668. The van der Waals surface area contributed by atoms with E-state index in [1.807, 2.05) is 13.8 Å². The molecule has 3 heteroatoms. The molecule has 0 saturated heterocycles. The monoisotopic (exact) mass is 242 g/mol. The maximum Gasteiger partial charge on any atom is 0.138 e. The Hall–Kier alpha value is -1.61. The van der Waals surface area contributed by atoms with Crippen molar-refractivity contribution >= 4 is 0 Å². The molecule has 0 amide bonds. The SMILES string of the molecule is Cc1noc(C)c1CNCC1Cc2ccccc21. The van der Waals surface area contributed by atoms with Gasteiger partial charge in [-0.25, -0.2) is 0 Å². The summed E-state index contributed by atoms with van der Waals surface area (Å²) in [4.78, 5) is 0. The molecule has 1 unspecified atom stereocenters. The highest BCUT2D eigenvalue weighted by atomic mass is 16.5. The fourth-order valence-electron chi connectivity index (χ4n) is 2.67.